The van der Waals surface area contributed by atoms with E-state index in [1.165, 1.54) is 25.3 Å². The van der Waals surface area contributed by atoms with Gasteiger partial charge in [-0.3, -0.25) is 0 Å². The SMILES string of the molecule is COc1ccc(OC(F)F)cc1NC(N)=S. The predicted octanol–water partition coefficient (Wildman–Crippen LogP) is 1.95. The molecule has 0 saturated carbocycles. The maximum absolute atomic E-state index is 12.0. The van der Waals surface area contributed by atoms with Gasteiger partial charge < -0.3 is 20.5 Å². The summed E-state index contributed by atoms with van der Waals surface area (Å²) in [7, 11) is 1.44. The number of benzene rings is 1. The van der Waals surface area contributed by atoms with E-state index >= 15 is 0 Å². The molecule has 0 bridgehead atoms. The highest BCUT2D eigenvalue weighted by molar-refractivity contribution is 7.80. The van der Waals surface area contributed by atoms with Gasteiger partial charge in [0.05, 0.1) is 12.8 Å². The van der Waals surface area contributed by atoms with Crippen LogP contribution < -0.4 is 20.5 Å². The number of anilines is 1. The van der Waals surface area contributed by atoms with Crippen LogP contribution in [0.5, 0.6) is 11.5 Å². The number of methoxy groups -OCH3 is 1. The molecule has 1 rings (SSSR count). The van der Waals surface area contributed by atoms with Crippen LogP contribution in [0.15, 0.2) is 18.2 Å². The Bertz CT molecular complexity index is 388. The molecule has 0 aliphatic rings. The zero-order chi connectivity index (χ0) is 12.1. The monoisotopic (exact) mass is 248 g/mol. The fourth-order valence-electron chi connectivity index (χ4n) is 1.09. The van der Waals surface area contributed by atoms with Crippen molar-refractivity contribution in [1.29, 1.82) is 0 Å². The van der Waals surface area contributed by atoms with Crippen LogP contribution in [0, 0.1) is 0 Å². The van der Waals surface area contributed by atoms with Gasteiger partial charge in [0.25, 0.3) is 0 Å². The Labute approximate surface area is 96.3 Å². The van der Waals surface area contributed by atoms with E-state index in [0.29, 0.717) is 11.4 Å². The molecule has 16 heavy (non-hydrogen) atoms. The second-order valence-electron chi connectivity index (χ2n) is 2.73. The van der Waals surface area contributed by atoms with E-state index in [0.717, 1.165) is 0 Å². The molecule has 0 amide bonds. The van der Waals surface area contributed by atoms with Crippen LogP contribution in [-0.4, -0.2) is 18.8 Å². The Morgan fingerprint density at radius 3 is 2.69 bits per heavy atom. The third kappa shape index (κ3) is 3.50. The maximum atomic E-state index is 12.0. The number of nitrogens with one attached hydrogen (secondary N) is 1. The van der Waals surface area contributed by atoms with E-state index in [4.69, 9.17) is 10.5 Å². The van der Waals surface area contributed by atoms with Gasteiger partial charge in [0, 0.05) is 6.07 Å². The largest absolute Gasteiger partial charge is 0.495 e. The Hall–Kier alpha value is -1.63. The lowest BCUT2D eigenvalue weighted by atomic mass is 10.2. The van der Waals surface area contributed by atoms with Gasteiger partial charge in [0.1, 0.15) is 11.5 Å². The van der Waals surface area contributed by atoms with Crippen LogP contribution >= 0.6 is 12.2 Å². The van der Waals surface area contributed by atoms with Gasteiger partial charge in [-0.25, -0.2) is 0 Å². The highest BCUT2D eigenvalue weighted by Gasteiger charge is 2.09. The molecule has 1 aromatic carbocycles. The Kier molecular flexibility index (Phi) is 4.24. The lowest BCUT2D eigenvalue weighted by molar-refractivity contribution is -0.0498. The van der Waals surface area contributed by atoms with Crippen LogP contribution in [0.1, 0.15) is 0 Å². The standard InChI is InChI=1S/C9H10F2N2O2S/c1-14-7-3-2-5(15-8(10)11)4-6(7)13-9(12)16/h2-4,8H,1H3,(H3,12,13,16). The second-order valence-corrected chi connectivity index (χ2v) is 3.17. The molecule has 0 spiro atoms. The molecule has 1 aromatic rings. The first-order valence-electron chi connectivity index (χ1n) is 4.22. The van der Waals surface area contributed by atoms with E-state index in [-0.39, 0.29) is 10.9 Å². The van der Waals surface area contributed by atoms with E-state index < -0.39 is 6.61 Å². The summed E-state index contributed by atoms with van der Waals surface area (Å²) in [5.74, 6) is 0.420. The molecule has 0 atom stereocenters. The van der Waals surface area contributed by atoms with Gasteiger partial charge in [0.2, 0.25) is 0 Å². The van der Waals surface area contributed by atoms with Gasteiger partial charge in [-0.15, -0.1) is 0 Å². The predicted molar refractivity (Wildman–Crippen MR) is 60.0 cm³/mol. The number of hydrogen-bond acceptors (Lipinski definition) is 3. The smallest absolute Gasteiger partial charge is 0.387 e. The summed E-state index contributed by atoms with van der Waals surface area (Å²) in [5.41, 5.74) is 5.64. The number of halogens is 2. The lowest BCUT2D eigenvalue weighted by Gasteiger charge is -2.12. The molecule has 7 heteroatoms. The minimum atomic E-state index is -2.88. The van der Waals surface area contributed by atoms with Crippen LogP contribution in [0.3, 0.4) is 0 Å². The van der Waals surface area contributed by atoms with Crippen molar-refractivity contribution in [1.82, 2.24) is 0 Å². The summed E-state index contributed by atoms with van der Waals surface area (Å²) in [6, 6.07) is 4.15. The highest BCUT2D eigenvalue weighted by Crippen LogP contribution is 2.29. The topological polar surface area (TPSA) is 56.5 Å². The zero-order valence-electron chi connectivity index (χ0n) is 8.37. The molecule has 0 unspecified atom stereocenters. The number of hydrogen-bond donors (Lipinski definition) is 2. The fraction of sp³-hybridized carbons (Fsp3) is 0.222. The lowest BCUT2D eigenvalue weighted by Crippen LogP contribution is -2.19. The number of thiocarbonyl (C=S) groups is 1. The van der Waals surface area contributed by atoms with Gasteiger partial charge in [-0.2, -0.15) is 8.78 Å². The van der Waals surface area contributed by atoms with Crippen LogP contribution in [-0.2, 0) is 0 Å². The summed E-state index contributed by atoms with van der Waals surface area (Å²) in [4.78, 5) is 0. The van der Waals surface area contributed by atoms with Crippen LogP contribution in [0.25, 0.3) is 0 Å². The van der Waals surface area contributed by atoms with Gasteiger partial charge >= 0.3 is 6.61 Å². The first kappa shape index (κ1) is 12.4. The number of ether oxygens (including phenoxy) is 2. The van der Waals surface area contributed by atoms with Gasteiger partial charge in [0.15, 0.2) is 5.11 Å². The van der Waals surface area contributed by atoms with Gasteiger partial charge in [-0.1, -0.05) is 0 Å². The first-order valence-corrected chi connectivity index (χ1v) is 4.63. The molecule has 0 saturated heterocycles. The van der Waals surface area contributed by atoms with Crippen molar-refractivity contribution in [2.24, 2.45) is 5.73 Å². The molecule has 0 heterocycles. The van der Waals surface area contributed by atoms with Crippen LogP contribution in [0.4, 0.5) is 14.5 Å². The number of rotatable bonds is 4. The molecule has 0 radical (unpaired) electrons. The van der Waals surface area contributed by atoms with Crippen molar-refractivity contribution in [3.8, 4) is 11.5 Å². The van der Waals surface area contributed by atoms with E-state index in [1.807, 2.05) is 0 Å². The van der Waals surface area contributed by atoms with Crippen molar-refractivity contribution in [2.45, 2.75) is 6.61 Å². The average Bonchev–Trinajstić information content (AvgIpc) is 2.16. The van der Waals surface area contributed by atoms with E-state index in [1.54, 1.807) is 0 Å². The summed E-state index contributed by atoms with van der Waals surface area (Å²) in [6.45, 7) is -2.88. The summed E-state index contributed by atoms with van der Waals surface area (Å²) < 4.78 is 33.2. The highest BCUT2D eigenvalue weighted by atomic mass is 32.1. The first-order chi connectivity index (χ1) is 7.52. The van der Waals surface area contributed by atoms with Crippen LogP contribution in [0.2, 0.25) is 0 Å². The summed E-state index contributed by atoms with van der Waals surface area (Å²) in [5, 5.41) is 2.60. The molecule has 0 fully saturated rings. The quantitative estimate of drug-likeness (QED) is 0.798. The van der Waals surface area contributed by atoms with Crippen molar-refractivity contribution in [3.05, 3.63) is 18.2 Å². The minimum Gasteiger partial charge on any atom is -0.495 e. The fourth-order valence-corrected chi connectivity index (χ4v) is 1.20. The molecular weight excluding hydrogens is 238 g/mol. The zero-order valence-corrected chi connectivity index (χ0v) is 9.18. The summed E-state index contributed by atoms with van der Waals surface area (Å²) in [6.07, 6.45) is 0. The van der Waals surface area contributed by atoms with E-state index in [2.05, 4.69) is 22.3 Å². The molecule has 0 aliphatic carbocycles. The van der Waals surface area contributed by atoms with Crippen molar-refractivity contribution >= 4 is 23.0 Å². The van der Waals surface area contributed by atoms with Crippen molar-refractivity contribution < 1.29 is 18.3 Å². The summed E-state index contributed by atoms with van der Waals surface area (Å²) >= 11 is 4.64. The third-order valence-electron chi connectivity index (χ3n) is 1.65. The number of alkyl halides is 2. The second kappa shape index (κ2) is 5.45. The molecule has 0 aliphatic heterocycles. The molecule has 3 N–H and O–H groups in total. The molecule has 88 valence electrons. The Morgan fingerprint density at radius 2 is 2.19 bits per heavy atom. The van der Waals surface area contributed by atoms with Crippen molar-refractivity contribution in [2.75, 3.05) is 12.4 Å². The minimum absolute atomic E-state index is 0.00505. The Morgan fingerprint density at radius 1 is 1.50 bits per heavy atom. The number of nitrogens with two attached hydrogens (primary N) is 1. The maximum Gasteiger partial charge on any atom is 0.387 e. The van der Waals surface area contributed by atoms with Crippen molar-refractivity contribution in [3.63, 3.8) is 0 Å². The average molecular weight is 248 g/mol. The van der Waals surface area contributed by atoms with Gasteiger partial charge in [-0.05, 0) is 24.4 Å². The molecular formula is C9H10F2N2O2S. The van der Waals surface area contributed by atoms with E-state index in [9.17, 15) is 8.78 Å². The third-order valence-corrected chi connectivity index (χ3v) is 1.76. The Balaban J connectivity index is 2.96. The molecule has 4 nitrogen and oxygen atoms in total. The normalized spacial score (nSPS) is 10.0. The molecule has 0 aromatic heterocycles.